The van der Waals surface area contributed by atoms with E-state index in [-0.39, 0.29) is 23.5 Å². The second kappa shape index (κ2) is 9.28. The van der Waals surface area contributed by atoms with Crippen LogP contribution in [-0.2, 0) is 19.6 Å². The first-order valence-electron chi connectivity index (χ1n) is 9.52. The van der Waals surface area contributed by atoms with Crippen LogP contribution in [0.1, 0.15) is 18.4 Å². The van der Waals surface area contributed by atoms with Crippen LogP contribution in [0.5, 0.6) is 5.75 Å². The molecule has 1 N–H and O–H groups in total. The van der Waals surface area contributed by atoms with E-state index in [1.807, 2.05) is 19.1 Å². The summed E-state index contributed by atoms with van der Waals surface area (Å²) in [5.41, 5.74) is 1.43. The number of nitrogens with zero attached hydrogens (tertiary/aromatic N) is 1. The van der Waals surface area contributed by atoms with Crippen molar-refractivity contribution in [3.63, 3.8) is 0 Å². The molecule has 0 saturated carbocycles. The van der Waals surface area contributed by atoms with E-state index in [9.17, 15) is 13.2 Å². The normalized spacial score (nSPS) is 16.4. The van der Waals surface area contributed by atoms with Crippen LogP contribution >= 0.6 is 0 Å². The summed E-state index contributed by atoms with van der Waals surface area (Å²) in [4.78, 5) is 12.6. The minimum absolute atomic E-state index is 0.00929. The molecule has 1 saturated heterocycles. The number of sulfonamides is 1. The quantitative estimate of drug-likeness (QED) is 0.712. The zero-order chi connectivity index (χ0) is 20.9. The lowest BCUT2D eigenvalue weighted by Gasteiger charge is -2.24. The fourth-order valence-corrected chi connectivity index (χ4v) is 4.54. The molecule has 0 unspecified atom stereocenters. The number of aryl methyl sites for hydroxylation is 1. The molecule has 7 nitrogen and oxygen atoms in total. The number of ether oxygens (including phenoxy) is 2. The molecule has 29 heavy (non-hydrogen) atoms. The van der Waals surface area contributed by atoms with Gasteiger partial charge in [0.2, 0.25) is 5.91 Å². The molecule has 156 valence electrons. The Kier molecular flexibility index (Phi) is 6.76. The van der Waals surface area contributed by atoms with Gasteiger partial charge < -0.3 is 14.8 Å². The topological polar surface area (TPSA) is 84.9 Å². The number of anilines is 1. The predicted octanol–water partition coefficient (Wildman–Crippen LogP) is 2.49. The molecular formula is C21H26N2O5S. The van der Waals surface area contributed by atoms with Crippen molar-refractivity contribution in [2.45, 2.75) is 30.8 Å². The largest absolute Gasteiger partial charge is 0.497 e. The van der Waals surface area contributed by atoms with Crippen molar-refractivity contribution < 1.29 is 22.7 Å². The summed E-state index contributed by atoms with van der Waals surface area (Å²) >= 11 is 0. The Morgan fingerprint density at radius 1 is 1.17 bits per heavy atom. The van der Waals surface area contributed by atoms with Crippen LogP contribution in [0.15, 0.2) is 53.4 Å². The van der Waals surface area contributed by atoms with Gasteiger partial charge in [0.25, 0.3) is 10.0 Å². The van der Waals surface area contributed by atoms with Crippen LogP contribution in [0.2, 0.25) is 0 Å². The summed E-state index contributed by atoms with van der Waals surface area (Å²) in [7, 11) is -2.42. The first-order chi connectivity index (χ1) is 13.9. The van der Waals surface area contributed by atoms with Crippen molar-refractivity contribution in [1.82, 2.24) is 5.32 Å². The maximum absolute atomic E-state index is 13.3. The van der Waals surface area contributed by atoms with Crippen molar-refractivity contribution in [1.29, 1.82) is 0 Å². The summed E-state index contributed by atoms with van der Waals surface area (Å²) < 4.78 is 38.3. The fraction of sp³-hybridized carbons (Fsp3) is 0.381. The first kappa shape index (κ1) is 21.1. The zero-order valence-corrected chi connectivity index (χ0v) is 17.4. The number of benzene rings is 2. The van der Waals surface area contributed by atoms with Gasteiger partial charge in [0, 0.05) is 13.2 Å². The molecule has 1 atom stereocenters. The summed E-state index contributed by atoms with van der Waals surface area (Å²) in [5.74, 6) is 0.179. The Morgan fingerprint density at radius 3 is 2.45 bits per heavy atom. The van der Waals surface area contributed by atoms with Crippen LogP contribution < -0.4 is 14.4 Å². The number of hydrogen-bond donors (Lipinski definition) is 1. The lowest BCUT2D eigenvalue weighted by molar-refractivity contribution is -0.120. The SMILES string of the molecule is COc1ccc(S(=O)(=O)N(CC(=O)NC[C@@H]2CCCO2)c2ccc(C)cc2)cc1. The van der Waals surface area contributed by atoms with Gasteiger partial charge in [-0.15, -0.1) is 0 Å². The van der Waals surface area contributed by atoms with Crippen molar-refractivity contribution in [3.8, 4) is 5.75 Å². The van der Waals surface area contributed by atoms with Crippen LogP contribution in [0, 0.1) is 6.92 Å². The molecule has 0 spiro atoms. The van der Waals surface area contributed by atoms with E-state index >= 15 is 0 Å². The van der Waals surface area contributed by atoms with Crippen molar-refractivity contribution in [3.05, 3.63) is 54.1 Å². The number of carbonyl (C=O) groups is 1. The average molecular weight is 419 g/mol. The van der Waals surface area contributed by atoms with E-state index < -0.39 is 10.0 Å². The molecule has 1 fully saturated rings. The molecule has 0 bridgehead atoms. The lowest BCUT2D eigenvalue weighted by Crippen LogP contribution is -2.42. The van der Waals surface area contributed by atoms with Gasteiger partial charge in [-0.3, -0.25) is 9.10 Å². The highest BCUT2D eigenvalue weighted by atomic mass is 32.2. The van der Waals surface area contributed by atoms with Crippen LogP contribution in [0.25, 0.3) is 0 Å². The van der Waals surface area contributed by atoms with Crippen LogP contribution in [-0.4, -0.2) is 47.2 Å². The number of amides is 1. The third-order valence-electron chi connectivity index (χ3n) is 4.81. The van der Waals surface area contributed by atoms with Crippen molar-refractivity contribution in [2.24, 2.45) is 0 Å². The van der Waals surface area contributed by atoms with Gasteiger partial charge in [0.15, 0.2) is 0 Å². The summed E-state index contributed by atoms with van der Waals surface area (Å²) in [5, 5.41) is 2.79. The van der Waals surface area contributed by atoms with E-state index in [2.05, 4.69) is 5.32 Å². The Morgan fingerprint density at radius 2 is 1.86 bits per heavy atom. The monoisotopic (exact) mass is 418 g/mol. The Bertz CT molecular complexity index is 921. The van der Waals surface area contributed by atoms with Crippen LogP contribution in [0.4, 0.5) is 5.69 Å². The highest BCUT2D eigenvalue weighted by Crippen LogP contribution is 2.25. The average Bonchev–Trinajstić information content (AvgIpc) is 3.25. The van der Waals surface area contributed by atoms with E-state index in [1.165, 1.54) is 19.2 Å². The van der Waals surface area contributed by atoms with Crippen molar-refractivity contribution >= 4 is 21.6 Å². The molecule has 1 aliphatic rings. The van der Waals surface area contributed by atoms with E-state index in [1.54, 1.807) is 24.3 Å². The molecule has 1 amide bonds. The van der Waals surface area contributed by atoms with Gasteiger partial charge in [-0.2, -0.15) is 0 Å². The first-order valence-corrected chi connectivity index (χ1v) is 11.0. The Balaban J connectivity index is 1.83. The zero-order valence-electron chi connectivity index (χ0n) is 16.6. The Labute approximate surface area is 171 Å². The van der Waals surface area contributed by atoms with Gasteiger partial charge in [-0.1, -0.05) is 17.7 Å². The minimum Gasteiger partial charge on any atom is -0.497 e. The number of nitrogens with one attached hydrogen (secondary N) is 1. The highest BCUT2D eigenvalue weighted by Gasteiger charge is 2.27. The fourth-order valence-electron chi connectivity index (χ4n) is 3.12. The second-order valence-corrected chi connectivity index (χ2v) is 8.82. The summed E-state index contributed by atoms with van der Waals surface area (Å²) in [6, 6.07) is 13.1. The van der Waals surface area contributed by atoms with Gasteiger partial charge in [0.05, 0.1) is 23.8 Å². The smallest absolute Gasteiger partial charge is 0.264 e. The minimum atomic E-state index is -3.94. The maximum Gasteiger partial charge on any atom is 0.264 e. The van der Waals surface area contributed by atoms with Crippen molar-refractivity contribution in [2.75, 3.05) is 31.1 Å². The number of hydrogen-bond acceptors (Lipinski definition) is 5. The number of methoxy groups -OCH3 is 1. The second-order valence-electron chi connectivity index (χ2n) is 6.96. The lowest BCUT2D eigenvalue weighted by atomic mass is 10.2. The molecule has 1 heterocycles. The third kappa shape index (κ3) is 5.27. The molecule has 0 aromatic heterocycles. The molecule has 0 aliphatic carbocycles. The van der Waals surface area contributed by atoms with Gasteiger partial charge in [-0.05, 0) is 56.2 Å². The van der Waals surface area contributed by atoms with Gasteiger partial charge in [0.1, 0.15) is 12.3 Å². The van der Waals surface area contributed by atoms with Gasteiger partial charge in [-0.25, -0.2) is 8.42 Å². The maximum atomic E-state index is 13.3. The number of rotatable bonds is 8. The highest BCUT2D eigenvalue weighted by molar-refractivity contribution is 7.92. The summed E-state index contributed by atoms with van der Waals surface area (Å²) in [6.45, 7) is 2.68. The predicted molar refractivity (Wildman–Crippen MR) is 111 cm³/mol. The molecule has 3 rings (SSSR count). The standard InChI is InChI=1S/C21H26N2O5S/c1-16-5-7-17(8-6-16)23(15-21(24)22-14-19-4-3-13-28-19)29(25,26)20-11-9-18(27-2)10-12-20/h5-12,19H,3-4,13-15H2,1-2H3,(H,22,24)/t19-/m0/s1. The van der Waals surface area contributed by atoms with Crippen LogP contribution in [0.3, 0.4) is 0 Å². The summed E-state index contributed by atoms with van der Waals surface area (Å²) in [6.07, 6.45) is 1.86. The molecule has 2 aromatic rings. The van der Waals surface area contributed by atoms with E-state index in [4.69, 9.17) is 9.47 Å². The molecular weight excluding hydrogens is 392 g/mol. The molecule has 1 aliphatic heterocycles. The molecule has 0 radical (unpaired) electrons. The van der Waals surface area contributed by atoms with E-state index in [0.717, 1.165) is 22.7 Å². The third-order valence-corrected chi connectivity index (χ3v) is 6.60. The van der Waals surface area contributed by atoms with E-state index in [0.29, 0.717) is 24.6 Å². The Hall–Kier alpha value is -2.58. The number of carbonyl (C=O) groups excluding carboxylic acids is 1. The van der Waals surface area contributed by atoms with Gasteiger partial charge >= 0.3 is 0 Å². The molecule has 8 heteroatoms. The molecule has 2 aromatic carbocycles.